The number of ketones is 1. The van der Waals surface area contributed by atoms with Crippen LogP contribution in [0.2, 0.25) is 15.1 Å². The maximum atomic E-state index is 11.8. The van der Waals surface area contributed by atoms with Crippen LogP contribution in [0, 0.1) is 0 Å². The molecule has 0 amide bonds. The van der Waals surface area contributed by atoms with Gasteiger partial charge in [-0.1, -0.05) is 72.9 Å². The fourth-order valence-corrected chi connectivity index (χ4v) is 4.63. The van der Waals surface area contributed by atoms with Crippen LogP contribution in [0.4, 0.5) is 0 Å². The zero-order valence-corrected chi connectivity index (χ0v) is 23.1. The molecule has 36 heavy (non-hydrogen) atoms. The average Bonchev–Trinajstić information content (AvgIpc) is 2.80. The minimum absolute atomic E-state index is 0.243. The van der Waals surface area contributed by atoms with Crippen LogP contribution in [-0.4, -0.2) is 33.6 Å². The SMILES string of the molecule is CC(C)(c1ccc(OCC(=O)CNS(C)(=O)=O)cc1)c1cc(Cl)c(OCc2cccc(Cl)c2)c(Cl)c1. The number of halogens is 3. The first-order valence-corrected chi connectivity index (χ1v) is 13.9. The van der Waals surface area contributed by atoms with Gasteiger partial charge in [-0.15, -0.1) is 0 Å². The second kappa shape index (κ2) is 11.8. The van der Waals surface area contributed by atoms with E-state index in [9.17, 15) is 13.2 Å². The van der Waals surface area contributed by atoms with Crippen LogP contribution in [-0.2, 0) is 26.8 Å². The smallest absolute Gasteiger partial charge is 0.209 e. The predicted molar refractivity (Wildman–Crippen MR) is 144 cm³/mol. The zero-order chi connectivity index (χ0) is 26.5. The van der Waals surface area contributed by atoms with E-state index in [0.29, 0.717) is 26.6 Å². The van der Waals surface area contributed by atoms with Gasteiger partial charge >= 0.3 is 0 Å². The largest absolute Gasteiger partial charge is 0.486 e. The van der Waals surface area contributed by atoms with E-state index in [4.69, 9.17) is 44.3 Å². The molecule has 0 fully saturated rings. The average molecular weight is 571 g/mol. The number of carbonyl (C=O) groups is 1. The molecular weight excluding hydrogens is 545 g/mol. The summed E-state index contributed by atoms with van der Waals surface area (Å²) >= 11 is 19.1. The van der Waals surface area contributed by atoms with E-state index < -0.39 is 15.4 Å². The summed E-state index contributed by atoms with van der Waals surface area (Å²) < 4.78 is 35.7. The first-order chi connectivity index (χ1) is 16.8. The Bertz CT molecular complexity index is 1320. The highest BCUT2D eigenvalue weighted by atomic mass is 35.5. The number of Topliss-reactive ketones (excluding diaryl/α,β-unsaturated/α-hetero) is 1. The van der Waals surface area contributed by atoms with E-state index in [-0.39, 0.29) is 25.5 Å². The molecule has 0 bridgehead atoms. The van der Waals surface area contributed by atoms with Crippen molar-refractivity contribution < 1.29 is 22.7 Å². The Morgan fingerprint density at radius 3 is 2.14 bits per heavy atom. The topological polar surface area (TPSA) is 81.7 Å². The Morgan fingerprint density at radius 1 is 0.917 bits per heavy atom. The fraction of sp³-hybridized carbons (Fsp3) is 0.269. The molecule has 0 aliphatic carbocycles. The Morgan fingerprint density at radius 2 is 1.56 bits per heavy atom. The fourth-order valence-electron chi connectivity index (χ4n) is 3.40. The van der Waals surface area contributed by atoms with Gasteiger partial charge in [0.15, 0.2) is 11.5 Å². The van der Waals surface area contributed by atoms with Crippen molar-refractivity contribution in [2.45, 2.75) is 25.9 Å². The standard InChI is InChI=1S/C26H26Cl3NO5S/c1-26(2,18-7-9-22(10-8-18)34-16-21(31)14-30-36(3,32)33)19-12-23(28)25(24(29)13-19)35-15-17-5-4-6-20(27)11-17/h4-13,30H,14-16H2,1-3H3. The molecule has 0 aromatic heterocycles. The number of benzene rings is 3. The summed E-state index contributed by atoms with van der Waals surface area (Å²) in [7, 11) is -3.44. The van der Waals surface area contributed by atoms with Gasteiger partial charge in [-0.3, -0.25) is 4.79 Å². The van der Waals surface area contributed by atoms with Crippen LogP contribution in [0.3, 0.4) is 0 Å². The summed E-state index contributed by atoms with van der Waals surface area (Å²) in [5.41, 5.74) is 2.31. The molecular formula is C26H26Cl3NO5S. The van der Waals surface area contributed by atoms with Crippen molar-refractivity contribution in [2.24, 2.45) is 0 Å². The summed E-state index contributed by atoms with van der Waals surface area (Å²) in [5.74, 6) is 0.506. The molecule has 6 nitrogen and oxygen atoms in total. The van der Waals surface area contributed by atoms with Crippen molar-refractivity contribution in [3.8, 4) is 11.5 Å². The molecule has 0 saturated heterocycles. The minimum atomic E-state index is -3.44. The van der Waals surface area contributed by atoms with Gasteiger partial charge in [-0.05, 0) is 53.1 Å². The second-order valence-electron chi connectivity index (χ2n) is 8.76. The van der Waals surface area contributed by atoms with Crippen LogP contribution in [0.1, 0.15) is 30.5 Å². The normalized spacial score (nSPS) is 11.8. The third-order valence-corrected chi connectivity index (χ3v) is 6.96. The molecule has 0 atom stereocenters. The predicted octanol–water partition coefficient (Wildman–Crippen LogP) is 6.05. The Kier molecular flexibility index (Phi) is 9.30. The Hall–Kier alpha value is -2.29. The quantitative estimate of drug-likeness (QED) is 0.304. The van der Waals surface area contributed by atoms with E-state index in [1.807, 2.05) is 56.3 Å². The van der Waals surface area contributed by atoms with Crippen LogP contribution in [0.5, 0.6) is 11.5 Å². The Labute approximate surface area is 226 Å². The highest BCUT2D eigenvalue weighted by molar-refractivity contribution is 7.88. The van der Waals surface area contributed by atoms with Crippen molar-refractivity contribution >= 4 is 50.6 Å². The molecule has 0 aliphatic rings. The van der Waals surface area contributed by atoms with E-state index in [0.717, 1.165) is 22.9 Å². The van der Waals surface area contributed by atoms with Gasteiger partial charge in [0.05, 0.1) is 22.8 Å². The minimum Gasteiger partial charge on any atom is -0.486 e. The maximum Gasteiger partial charge on any atom is 0.209 e. The van der Waals surface area contributed by atoms with Crippen LogP contribution < -0.4 is 14.2 Å². The molecule has 10 heteroatoms. The van der Waals surface area contributed by atoms with E-state index in [2.05, 4.69) is 4.72 Å². The highest BCUT2D eigenvalue weighted by Crippen LogP contribution is 2.41. The second-order valence-corrected chi connectivity index (χ2v) is 11.8. The molecule has 3 rings (SSSR count). The maximum absolute atomic E-state index is 11.8. The van der Waals surface area contributed by atoms with Crippen LogP contribution in [0.15, 0.2) is 60.7 Å². The summed E-state index contributed by atoms with van der Waals surface area (Å²) in [6.07, 6.45) is 0.990. The lowest BCUT2D eigenvalue weighted by Crippen LogP contribution is -2.31. The number of hydrogen-bond acceptors (Lipinski definition) is 5. The first kappa shape index (κ1) is 28.3. The van der Waals surface area contributed by atoms with E-state index >= 15 is 0 Å². The van der Waals surface area contributed by atoms with Gasteiger partial charge in [0.25, 0.3) is 0 Å². The first-order valence-electron chi connectivity index (χ1n) is 10.9. The number of sulfonamides is 1. The van der Waals surface area contributed by atoms with Gasteiger partial charge in [-0.2, -0.15) is 0 Å². The third-order valence-electron chi connectivity index (χ3n) is 5.50. The zero-order valence-electron chi connectivity index (χ0n) is 20.0. The van der Waals surface area contributed by atoms with Crippen molar-refractivity contribution in [2.75, 3.05) is 19.4 Å². The third kappa shape index (κ3) is 7.85. The lowest BCUT2D eigenvalue weighted by Gasteiger charge is -2.27. The van der Waals surface area contributed by atoms with Gasteiger partial charge in [-0.25, -0.2) is 13.1 Å². The molecule has 192 valence electrons. The van der Waals surface area contributed by atoms with Gasteiger partial charge in [0.1, 0.15) is 19.0 Å². The lowest BCUT2D eigenvalue weighted by atomic mass is 9.78. The van der Waals surface area contributed by atoms with Gasteiger partial charge < -0.3 is 9.47 Å². The number of carbonyl (C=O) groups excluding carboxylic acids is 1. The lowest BCUT2D eigenvalue weighted by molar-refractivity contribution is -0.119. The molecule has 3 aromatic carbocycles. The summed E-state index contributed by atoms with van der Waals surface area (Å²) in [6, 6.07) is 18.3. The van der Waals surface area contributed by atoms with Crippen LogP contribution in [0.25, 0.3) is 0 Å². The number of nitrogens with one attached hydrogen (secondary N) is 1. The van der Waals surface area contributed by atoms with Gasteiger partial charge in [0.2, 0.25) is 10.0 Å². The summed E-state index contributed by atoms with van der Waals surface area (Å²) in [6.45, 7) is 3.80. The summed E-state index contributed by atoms with van der Waals surface area (Å²) in [4.78, 5) is 11.8. The van der Waals surface area contributed by atoms with Crippen molar-refractivity contribution in [3.63, 3.8) is 0 Å². The van der Waals surface area contributed by atoms with Gasteiger partial charge in [0, 0.05) is 10.4 Å². The Balaban J connectivity index is 1.68. The number of rotatable bonds is 11. The van der Waals surface area contributed by atoms with Crippen molar-refractivity contribution in [1.29, 1.82) is 0 Å². The number of ether oxygens (including phenoxy) is 2. The number of hydrogen-bond donors (Lipinski definition) is 1. The van der Waals surface area contributed by atoms with Crippen molar-refractivity contribution in [1.82, 2.24) is 4.72 Å². The molecule has 0 spiro atoms. The monoisotopic (exact) mass is 569 g/mol. The highest BCUT2D eigenvalue weighted by Gasteiger charge is 2.26. The molecule has 0 radical (unpaired) electrons. The van der Waals surface area contributed by atoms with E-state index in [1.54, 1.807) is 18.2 Å². The summed E-state index contributed by atoms with van der Waals surface area (Å²) in [5, 5.41) is 1.42. The molecule has 0 aliphatic heterocycles. The molecule has 1 N–H and O–H groups in total. The molecule has 0 heterocycles. The molecule has 0 unspecified atom stereocenters. The van der Waals surface area contributed by atoms with Crippen molar-refractivity contribution in [3.05, 3.63) is 92.4 Å². The molecule has 0 saturated carbocycles. The van der Waals surface area contributed by atoms with Crippen LogP contribution >= 0.6 is 34.8 Å². The van der Waals surface area contributed by atoms with E-state index in [1.165, 1.54) is 0 Å². The molecule has 3 aromatic rings.